The molecule has 0 aliphatic carbocycles. The molecule has 3 rings (SSSR count). The Kier molecular flexibility index (Phi) is 7.54. The average molecular weight is 387 g/mol. The maximum atomic E-state index is 5.70. The van der Waals surface area contributed by atoms with Gasteiger partial charge in [0.05, 0.1) is 24.5 Å². The van der Waals surface area contributed by atoms with Crippen LogP contribution in [-0.4, -0.2) is 53.4 Å². The Bertz CT molecular complexity index is 730. The fraction of sp³-hybridized carbons (Fsp3) is 0.619. The van der Waals surface area contributed by atoms with E-state index in [4.69, 9.17) is 9.41 Å². The summed E-state index contributed by atoms with van der Waals surface area (Å²) in [7, 11) is 0. The highest BCUT2D eigenvalue weighted by molar-refractivity contribution is 5.79. The summed E-state index contributed by atoms with van der Waals surface area (Å²) in [6, 6.07) is 6.35. The van der Waals surface area contributed by atoms with Gasteiger partial charge in [0.25, 0.3) is 0 Å². The molecule has 2 aromatic rings. The molecule has 28 heavy (non-hydrogen) atoms. The monoisotopic (exact) mass is 386 g/mol. The first-order chi connectivity index (χ1) is 13.7. The van der Waals surface area contributed by atoms with Crippen LogP contribution in [0, 0.1) is 13.8 Å². The highest BCUT2D eigenvalue weighted by Gasteiger charge is 2.25. The topological polar surface area (TPSA) is 70.6 Å². The third kappa shape index (κ3) is 5.61. The smallest absolute Gasteiger partial charge is 0.191 e. The Morgan fingerprint density at radius 2 is 2.11 bits per heavy atom. The Hall–Kier alpha value is -2.28. The second-order valence-electron chi connectivity index (χ2n) is 7.42. The lowest BCUT2D eigenvalue weighted by atomic mass is 10.2. The van der Waals surface area contributed by atoms with Gasteiger partial charge in [-0.3, -0.25) is 14.6 Å². The zero-order chi connectivity index (χ0) is 19.8. The second-order valence-corrected chi connectivity index (χ2v) is 7.42. The Morgan fingerprint density at radius 3 is 2.75 bits per heavy atom. The first-order valence-electron chi connectivity index (χ1n) is 10.5. The molecule has 0 amide bonds. The number of guanidine groups is 1. The van der Waals surface area contributed by atoms with Crippen LogP contribution >= 0.6 is 0 Å². The molecule has 1 atom stereocenters. The van der Waals surface area contributed by atoms with Crippen LogP contribution < -0.4 is 10.6 Å². The van der Waals surface area contributed by atoms with Gasteiger partial charge in [-0.15, -0.1) is 0 Å². The summed E-state index contributed by atoms with van der Waals surface area (Å²) < 4.78 is 7.77. The molecule has 1 aliphatic heterocycles. The highest BCUT2D eigenvalue weighted by Crippen LogP contribution is 2.25. The van der Waals surface area contributed by atoms with Gasteiger partial charge in [0.1, 0.15) is 5.76 Å². The normalized spacial score (nSPS) is 16.5. The number of nitrogens with one attached hydrogen (secondary N) is 2. The summed E-state index contributed by atoms with van der Waals surface area (Å²) in [6.45, 7) is 11.8. The van der Waals surface area contributed by atoms with Gasteiger partial charge in [0.2, 0.25) is 0 Å². The summed E-state index contributed by atoms with van der Waals surface area (Å²) in [5.41, 5.74) is 2.29. The molecule has 2 N–H and O–H groups in total. The van der Waals surface area contributed by atoms with Crippen LogP contribution in [0.3, 0.4) is 0 Å². The van der Waals surface area contributed by atoms with Crippen molar-refractivity contribution in [3.05, 3.63) is 41.6 Å². The number of aryl methyl sites for hydroxylation is 3. The van der Waals surface area contributed by atoms with Crippen molar-refractivity contribution < 1.29 is 4.42 Å². The maximum Gasteiger partial charge on any atom is 0.191 e. The van der Waals surface area contributed by atoms with E-state index >= 15 is 0 Å². The van der Waals surface area contributed by atoms with Crippen LogP contribution in [0.4, 0.5) is 0 Å². The van der Waals surface area contributed by atoms with E-state index in [9.17, 15) is 0 Å². The molecule has 1 aliphatic rings. The number of hydrogen-bond donors (Lipinski definition) is 2. The number of rotatable bonds is 9. The summed E-state index contributed by atoms with van der Waals surface area (Å²) in [5.74, 6) is 1.87. The van der Waals surface area contributed by atoms with E-state index in [0.29, 0.717) is 6.54 Å². The Morgan fingerprint density at radius 1 is 1.29 bits per heavy atom. The molecule has 0 aromatic carbocycles. The number of furan rings is 1. The predicted octanol–water partition coefficient (Wildman–Crippen LogP) is 2.88. The average Bonchev–Trinajstić information content (AvgIpc) is 3.42. The van der Waals surface area contributed by atoms with E-state index < -0.39 is 0 Å². The van der Waals surface area contributed by atoms with E-state index in [1.807, 2.05) is 13.0 Å². The van der Waals surface area contributed by atoms with Crippen molar-refractivity contribution in [2.24, 2.45) is 4.99 Å². The number of hydrogen-bond acceptors (Lipinski definition) is 4. The van der Waals surface area contributed by atoms with Crippen LogP contribution in [0.5, 0.6) is 0 Å². The Balaban J connectivity index is 1.54. The molecule has 3 heterocycles. The molecule has 7 nitrogen and oxygen atoms in total. The maximum absolute atomic E-state index is 5.70. The van der Waals surface area contributed by atoms with Crippen molar-refractivity contribution in [1.82, 2.24) is 25.3 Å². The fourth-order valence-corrected chi connectivity index (χ4v) is 3.78. The van der Waals surface area contributed by atoms with Crippen LogP contribution in [-0.2, 0) is 6.54 Å². The van der Waals surface area contributed by atoms with Crippen molar-refractivity contribution >= 4 is 5.96 Å². The number of aliphatic imine (C=N–C) groups is 1. The SMILES string of the molecule is CCNC(=NCC(c1ccco1)N1CCCC1)NCCCn1nc(C)cc1C. The number of likely N-dealkylation sites (tertiary alicyclic amines) is 1. The van der Waals surface area contributed by atoms with Gasteiger partial charge in [-0.25, -0.2) is 0 Å². The fourth-order valence-electron chi connectivity index (χ4n) is 3.78. The van der Waals surface area contributed by atoms with Crippen molar-refractivity contribution in [1.29, 1.82) is 0 Å². The zero-order valence-corrected chi connectivity index (χ0v) is 17.4. The Labute approximate surface area is 168 Å². The van der Waals surface area contributed by atoms with Gasteiger partial charge in [0.15, 0.2) is 5.96 Å². The van der Waals surface area contributed by atoms with Gasteiger partial charge in [-0.2, -0.15) is 5.10 Å². The number of aromatic nitrogens is 2. The van der Waals surface area contributed by atoms with E-state index in [1.165, 1.54) is 18.5 Å². The largest absolute Gasteiger partial charge is 0.468 e. The predicted molar refractivity (Wildman–Crippen MR) is 113 cm³/mol. The van der Waals surface area contributed by atoms with Crippen molar-refractivity contribution in [2.45, 2.75) is 52.6 Å². The van der Waals surface area contributed by atoms with E-state index in [2.05, 4.69) is 51.3 Å². The van der Waals surface area contributed by atoms with E-state index in [1.54, 1.807) is 6.26 Å². The van der Waals surface area contributed by atoms with Gasteiger partial charge in [-0.05, 0) is 71.3 Å². The molecule has 0 radical (unpaired) electrons. The summed E-state index contributed by atoms with van der Waals surface area (Å²) in [6.07, 6.45) is 5.27. The summed E-state index contributed by atoms with van der Waals surface area (Å²) in [5, 5.41) is 11.3. The third-order valence-electron chi connectivity index (χ3n) is 5.16. The summed E-state index contributed by atoms with van der Waals surface area (Å²) in [4.78, 5) is 7.33. The molecule has 1 unspecified atom stereocenters. The number of nitrogens with zero attached hydrogens (tertiary/aromatic N) is 4. The van der Waals surface area contributed by atoms with Crippen LogP contribution in [0.1, 0.15) is 49.4 Å². The molecule has 1 saturated heterocycles. The van der Waals surface area contributed by atoms with Crippen molar-refractivity contribution in [2.75, 3.05) is 32.7 Å². The van der Waals surface area contributed by atoms with Crippen molar-refractivity contribution in [3.8, 4) is 0 Å². The molecule has 154 valence electrons. The van der Waals surface area contributed by atoms with Gasteiger partial charge >= 0.3 is 0 Å². The van der Waals surface area contributed by atoms with Gasteiger partial charge in [0, 0.05) is 25.3 Å². The van der Waals surface area contributed by atoms with Crippen LogP contribution in [0.15, 0.2) is 33.9 Å². The third-order valence-corrected chi connectivity index (χ3v) is 5.16. The highest BCUT2D eigenvalue weighted by atomic mass is 16.3. The lowest BCUT2D eigenvalue weighted by Gasteiger charge is -2.24. The molecule has 0 saturated carbocycles. The second kappa shape index (κ2) is 10.3. The minimum atomic E-state index is 0.211. The molecular weight excluding hydrogens is 352 g/mol. The molecule has 2 aromatic heterocycles. The molecule has 0 bridgehead atoms. The van der Waals surface area contributed by atoms with E-state index in [-0.39, 0.29) is 6.04 Å². The zero-order valence-electron chi connectivity index (χ0n) is 17.4. The molecule has 1 fully saturated rings. The van der Waals surface area contributed by atoms with Gasteiger partial charge < -0.3 is 15.1 Å². The standard InChI is InChI=1S/C21H34N6O/c1-4-22-21(23-10-8-13-27-18(3)15-17(2)25-27)24-16-19(20-9-7-14-28-20)26-11-5-6-12-26/h7,9,14-15,19H,4-6,8,10-13,16H2,1-3H3,(H2,22,23,24). The molecule has 0 spiro atoms. The quantitative estimate of drug-likeness (QED) is 0.394. The first kappa shape index (κ1) is 20.5. The van der Waals surface area contributed by atoms with E-state index in [0.717, 1.165) is 56.6 Å². The van der Waals surface area contributed by atoms with Crippen LogP contribution in [0.25, 0.3) is 0 Å². The molecular formula is C21H34N6O. The minimum absolute atomic E-state index is 0.211. The first-order valence-corrected chi connectivity index (χ1v) is 10.5. The van der Waals surface area contributed by atoms with Crippen LogP contribution in [0.2, 0.25) is 0 Å². The molecule has 7 heteroatoms. The minimum Gasteiger partial charge on any atom is -0.468 e. The summed E-state index contributed by atoms with van der Waals surface area (Å²) >= 11 is 0. The lowest BCUT2D eigenvalue weighted by Crippen LogP contribution is -2.39. The van der Waals surface area contributed by atoms with Gasteiger partial charge in [-0.1, -0.05) is 0 Å². The lowest BCUT2D eigenvalue weighted by molar-refractivity contribution is 0.221. The van der Waals surface area contributed by atoms with Crippen molar-refractivity contribution in [3.63, 3.8) is 0 Å².